The van der Waals surface area contributed by atoms with Crippen LogP contribution in [0.15, 0.2) is 0 Å². The van der Waals surface area contributed by atoms with Crippen LogP contribution in [0.2, 0.25) is 0 Å². The van der Waals surface area contributed by atoms with Gasteiger partial charge in [0, 0.05) is 19.5 Å². The predicted molar refractivity (Wildman–Crippen MR) is 65.7 cm³/mol. The van der Waals surface area contributed by atoms with Gasteiger partial charge in [0.15, 0.2) is 0 Å². The second-order valence-corrected chi connectivity index (χ2v) is 5.96. The summed E-state index contributed by atoms with van der Waals surface area (Å²) >= 11 is 0. The molecule has 0 spiro atoms. The van der Waals surface area contributed by atoms with Gasteiger partial charge in [0.1, 0.15) is 0 Å². The first-order valence-electron chi connectivity index (χ1n) is 5.91. The van der Waals surface area contributed by atoms with Crippen molar-refractivity contribution in [2.45, 2.75) is 47.5 Å². The zero-order chi connectivity index (χ0) is 12.2. The van der Waals surface area contributed by atoms with Crippen LogP contribution in [0.25, 0.3) is 0 Å². The molecule has 0 radical (unpaired) electrons. The third-order valence-electron chi connectivity index (χ3n) is 2.64. The van der Waals surface area contributed by atoms with Crippen LogP contribution in [0.5, 0.6) is 0 Å². The van der Waals surface area contributed by atoms with Gasteiger partial charge in [-0.2, -0.15) is 0 Å². The molecule has 1 amide bonds. The fraction of sp³-hybridized carbons (Fsp3) is 0.923. The van der Waals surface area contributed by atoms with Crippen molar-refractivity contribution in [3.8, 4) is 0 Å². The van der Waals surface area contributed by atoms with E-state index in [0.29, 0.717) is 11.8 Å². The molecule has 0 aliphatic heterocycles. The summed E-state index contributed by atoms with van der Waals surface area (Å²) < 4.78 is 0. The number of carbonyl (C=O) groups excluding carboxylic acids is 1. The van der Waals surface area contributed by atoms with Crippen LogP contribution in [0.1, 0.15) is 47.5 Å². The van der Waals surface area contributed by atoms with Crippen LogP contribution in [0, 0.1) is 17.3 Å². The van der Waals surface area contributed by atoms with Crippen molar-refractivity contribution >= 4 is 5.91 Å². The van der Waals surface area contributed by atoms with Crippen molar-refractivity contribution in [2.75, 3.05) is 14.1 Å². The molecule has 15 heavy (non-hydrogen) atoms. The smallest absolute Gasteiger partial charge is 0.228 e. The number of rotatable bonds is 5. The van der Waals surface area contributed by atoms with E-state index in [1.807, 2.05) is 14.1 Å². The molecule has 0 atom stereocenters. The third kappa shape index (κ3) is 4.67. The Morgan fingerprint density at radius 1 is 1.07 bits per heavy atom. The fourth-order valence-electron chi connectivity index (χ4n) is 2.60. The Labute approximate surface area is 95.0 Å². The minimum Gasteiger partial charge on any atom is -0.348 e. The van der Waals surface area contributed by atoms with Gasteiger partial charge in [0.05, 0.1) is 0 Å². The zero-order valence-electron chi connectivity index (χ0n) is 11.4. The molecule has 0 saturated heterocycles. The monoisotopic (exact) mass is 213 g/mol. The van der Waals surface area contributed by atoms with Gasteiger partial charge < -0.3 is 4.90 Å². The van der Waals surface area contributed by atoms with Crippen molar-refractivity contribution in [1.29, 1.82) is 0 Å². The molecule has 0 aromatic heterocycles. The first kappa shape index (κ1) is 14.5. The lowest BCUT2D eigenvalue weighted by molar-refractivity contribution is -0.140. The molecule has 0 aromatic rings. The van der Waals surface area contributed by atoms with E-state index in [1.165, 1.54) is 0 Å². The van der Waals surface area contributed by atoms with E-state index >= 15 is 0 Å². The lowest BCUT2D eigenvalue weighted by Crippen LogP contribution is -2.40. The molecular formula is C13H27NO. The Balaban J connectivity index is 4.76. The summed E-state index contributed by atoms with van der Waals surface area (Å²) in [7, 11) is 3.70. The van der Waals surface area contributed by atoms with E-state index < -0.39 is 0 Å². The number of hydrogen-bond donors (Lipinski definition) is 0. The standard InChI is InChI=1S/C13H27NO/c1-10(2)8-13(5,9-11(3)4)12(15)14(6)7/h10-11H,8-9H2,1-7H3. The van der Waals surface area contributed by atoms with Gasteiger partial charge in [-0.25, -0.2) is 0 Å². The van der Waals surface area contributed by atoms with Crippen LogP contribution in [-0.2, 0) is 4.79 Å². The molecule has 0 unspecified atom stereocenters. The second-order valence-electron chi connectivity index (χ2n) is 5.96. The molecule has 0 fully saturated rings. The molecule has 0 heterocycles. The van der Waals surface area contributed by atoms with E-state index in [-0.39, 0.29) is 11.3 Å². The van der Waals surface area contributed by atoms with E-state index in [1.54, 1.807) is 4.90 Å². The average molecular weight is 213 g/mol. The summed E-state index contributed by atoms with van der Waals surface area (Å²) in [6.45, 7) is 10.8. The van der Waals surface area contributed by atoms with Crippen LogP contribution >= 0.6 is 0 Å². The SMILES string of the molecule is CC(C)CC(C)(CC(C)C)C(=O)N(C)C. The van der Waals surface area contributed by atoms with Gasteiger partial charge in [-0.3, -0.25) is 4.79 Å². The fourth-order valence-corrected chi connectivity index (χ4v) is 2.60. The highest BCUT2D eigenvalue weighted by molar-refractivity contribution is 5.81. The summed E-state index contributed by atoms with van der Waals surface area (Å²) in [5.41, 5.74) is -0.189. The molecule has 2 heteroatoms. The zero-order valence-corrected chi connectivity index (χ0v) is 11.4. The maximum atomic E-state index is 12.2. The highest BCUT2D eigenvalue weighted by atomic mass is 16.2. The Morgan fingerprint density at radius 2 is 1.40 bits per heavy atom. The molecule has 90 valence electrons. The number of carbonyl (C=O) groups is 1. The largest absolute Gasteiger partial charge is 0.348 e. The molecule has 0 saturated carbocycles. The lowest BCUT2D eigenvalue weighted by Gasteiger charge is -2.34. The number of hydrogen-bond acceptors (Lipinski definition) is 1. The normalized spacial score (nSPS) is 12.3. The maximum absolute atomic E-state index is 12.2. The quantitative estimate of drug-likeness (QED) is 0.687. The van der Waals surface area contributed by atoms with E-state index in [0.717, 1.165) is 12.8 Å². The second kappa shape index (κ2) is 5.53. The number of amides is 1. The van der Waals surface area contributed by atoms with Crippen LogP contribution < -0.4 is 0 Å². The molecule has 0 bridgehead atoms. The minimum atomic E-state index is -0.189. The molecule has 0 aliphatic carbocycles. The first-order chi connectivity index (χ1) is 6.69. The van der Waals surface area contributed by atoms with Gasteiger partial charge in [-0.15, -0.1) is 0 Å². The van der Waals surface area contributed by atoms with Gasteiger partial charge in [0.2, 0.25) is 5.91 Å². The molecule has 0 N–H and O–H groups in total. The summed E-state index contributed by atoms with van der Waals surface area (Å²) in [4.78, 5) is 13.9. The highest BCUT2D eigenvalue weighted by Crippen LogP contribution is 2.34. The maximum Gasteiger partial charge on any atom is 0.228 e. The summed E-state index contributed by atoms with van der Waals surface area (Å²) in [6.07, 6.45) is 1.95. The lowest BCUT2D eigenvalue weighted by atomic mass is 9.75. The van der Waals surface area contributed by atoms with Gasteiger partial charge in [-0.05, 0) is 24.7 Å². The Bertz CT molecular complexity index is 197. The molecular weight excluding hydrogens is 186 g/mol. The van der Waals surface area contributed by atoms with Crippen molar-refractivity contribution in [2.24, 2.45) is 17.3 Å². The van der Waals surface area contributed by atoms with Crippen molar-refractivity contribution in [1.82, 2.24) is 4.90 Å². The minimum absolute atomic E-state index is 0.189. The van der Waals surface area contributed by atoms with Crippen molar-refractivity contribution < 1.29 is 4.79 Å². The highest BCUT2D eigenvalue weighted by Gasteiger charge is 2.35. The van der Waals surface area contributed by atoms with Crippen LogP contribution in [0.4, 0.5) is 0 Å². The molecule has 0 aromatic carbocycles. The summed E-state index contributed by atoms with van der Waals surface area (Å²) in [5, 5.41) is 0. The van der Waals surface area contributed by atoms with Gasteiger partial charge in [0.25, 0.3) is 0 Å². The summed E-state index contributed by atoms with van der Waals surface area (Å²) in [5.74, 6) is 1.40. The van der Waals surface area contributed by atoms with Crippen molar-refractivity contribution in [3.63, 3.8) is 0 Å². The van der Waals surface area contributed by atoms with E-state index in [4.69, 9.17) is 0 Å². The van der Waals surface area contributed by atoms with Crippen molar-refractivity contribution in [3.05, 3.63) is 0 Å². The van der Waals surface area contributed by atoms with E-state index in [9.17, 15) is 4.79 Å². The van der Waals surface area contributed by atoms with Gasteiger partial charge in [-0.1, -0.05) is 34.6 Å². The third-order valence-corrected chi connectivity index (χ3v) is 2.64. The molecule has 0 aliphatic rings. The van der Waals surface area contributed by atoms with E-state index in [2.05, 4.69) is 34.6 Å². The Kier molecular flexibility index (Phi) is 5.33. The summed E-state index contributed by atoms with van der Waals surface area (Å²) in [6, 6.07) is 0. The predicted octanol–water partition coefficient (Wildman–Crippen LogP) is 3.17. The van der Waals surface area contributed by atoms with Crippen LogP contribution in [0.3, 0.4) is 0 Å². The van der Waals surface area contributed by atoms with Crippen LogP contribution in [-0.4, -0.2) is 24.9 Å². The first-order valence-corrected chi connectivity index (χ1v) is 5.91. The number of nitrogens with zero attached hydrogens (tertiary/aromatic N) is 1. The molecule has 0 rings (SSSR count). The Hall–Kier alpha value is -0.530. The average Bonchev–Trinajstić information content (AvgIpc) is 1.99. The van der Waals surface area contributed by atoms with Gasteiger partial charge >= 0.3 is 0 Å². The Morgan fingerprint density at radius 3 is 1.60 bits per heavy atom. The molecule has 2 nitrogen and oxygen atoms in total. The topological polar surface area (TPSA) is 20.3 Å².